The minimum Gasteiger partial charge on any atom is -0.493 e. The number of carbonyl (C=O) groups is 1. The molecule has 8 heteroatoms. The Hall–Kier alpha value is -2.51. The molecule has 0 saturated heterocycles. The standard InChI is InChI=1S/C16H17F3N2O3/c1-3-23-15(22)13-10-20-21(2)14(13)8-9-24-12-6-4-11(5-7-12)16(17,18)19/h4-7,10H,3,8-9H2,1-2H3. The monoisotopic (exact) mass is 342 g/mol. The number of hydrogen-bond donors (Lipinski definition) is 0. The van der Waals surface area contributed by atoms with Crippen LogP contribution in [0.15, 0.2) is 30.5 Å². The second-order valence-corrected chi connectivity index (χ2v) is 4.97. The van der Waals surface area contributed by atoms with Crippen LogP contribution in [0.3, 0.4) is 0 Å². The lowest BCUT2D eigenvalue weighted by Crippen LogP contribution is -2.12. The van der Waals surface area contributed by atoms with Gasteiger partial charge in [-0.2, -0.15) is 18.3 Å². The first-order valence-electron chi connectivity index (χ1n) is 7.31. The van der Waals surface area contributed by atoms with E-state index in [1.807, 2.05) is 0 Å². The van der Waals surface area contributed by atoms with E-state index in [4.69, 9.17) is 9.47 Å². The van der Waals surface area contributed by atoms with Crippen LogP contribution in [-0.4, -0.2) is 29.0 Å². The van der Waals surface area contributed by atoms with Gasteiger partial charge in [-0.05, 0) is 31.2 Å². The fourth-order valence-electron chi connectivity index (χ4n) is 2.14. The van der Waals surface area contributed by atoms with E-state index < -0.39 is 17.7 Å². The summed E-state index contributed by atoms with van der Waals surface area (Å²) in [7, 11) is 1.69. The summed E-state index contributed by atoms with van der Waals surface area (Å²) in [6.07, 6.45) is -2.58. The van der Waals surface area contributed by atoms with Crippen LogP contribution in [0.25, 0.3) is 0 Å². The Morgan fingerprint density at radius 1 is 1.25 bits per heavy atom. The maximum absolute atomic E-state index is 12.5. The normalized spacial score (nSPS) is 11.4. The first-order chi connectivity index (χ1) is 11.3. The molecule has 0 aliphatic rings. The van der Waals surface area contributed by atoms with Crippen LogP contribution < -0.4 is 4.74 Å². The van der Waals surface area contributed by atoms with Gasteiger partial charge in [-0.1, -0.05) is 0 Å². The minimum atomic E-state index is -4.37. The first-order valence-corrected chi connectivity index (χ1v) is 7.31. The number of esters is 1. The highest BCUT2D eigenvalue weighted by Crippen LogP contribution is 2.30. The second-order valence-electron chi connectivity index (χ2n) is 4.97. The van der Waals surface area contributed by atoms with Crippen molar-refractivity contribution in [3.63, 3.8) is 0 Å². The molecule has 0 N–H and O–H groups in total. The molecular formula is C16H17F3N2O3. The summed E-state index contributed by atoms with van der Waals surface area (Å²) < 4.78 is 49.4. The Labute approximate surface area is 137 Å². The van der Waals surface area contributed by atoms with Gasteiger partial charge >= 0.3 is 12.1 Å². The Kier molecular flexibility index (Phi) is 5.48. The Morgan fingerprint density at radius 3 is 2.50 bits per heavy atom. The number of benzene rings is 1. The van der Waals surface area contributed by atoms with Crippen LogP contribution in [0, 0.1) is 0 Å². The Morgan fingerprint density at radius 2 is 1.92 bits per heavy atom. The van der Waals surface area contributed by atoms with Crippen molar-refractivity contribution in [1.29, 1.82) is 0 Å². The van der Waals surface area contributed by atoms with E-state index in [1.54, 1.807) is 18.7 Å². The average molecular weight is 342 g/mol. The van der Waals surface area contributed by atoms with Gasteiger partial charge < -0.3 is 9.47 Å². The molecule has 0 aliphatic heterocycles. The average Bonchev–Trinajstić information content (AvgIpc) is 2.88. The molecule has 0 amide bonds. The number of carbonyl (C=O) groups excluding carboxylic acids is 1. The van der Waals surface area contributed by atoms with Crippen LogP contribution in [0.1, 0.15) is 28.5 Å². The third-order valence-corrected chi connectivity index (χ3v) is 3.35. The SMILES string of the molecule is CCOC(=O)c1cnn(C)c1CCOc1ccc(C(F)(F)F)cc1. The number of halogens is 3. The maximum atomic E-state index is 12.5. The third-order valence-electron chi connectivity index (χ3n) is 3.35. The molecule has 1 aromatic heterocycles. The van der Waals surface area contributed by atoms with Gasteiger partial charge in [0.15, 0.2) is 0 Å². The van der Waals surface area contributed by atoms with Gasteiger partial charge in [-0.15, -0.1) is 0 Å². The van der Waals surface area contributed by atoms with Crippen LogP contribution >= 0.6 is 0 Å². The van der Waals surface area contributed by atoms with E-state index in [1.165, 1.54) is 18.3 Å². The molecule has 2 aromatic rings. The van der Waals surface area contributed by atoms with E-state index in [2.05, 4.69) is 5.10 Å². The number of alkyl halides is 3. The summed E-state index contributed by atoms with van der Waals surface area (Å²) in [6.45, 7) is 2.16. The topological polar surface area (TPSA) is 53.3 Å². The number of ether oxygens (including phenoxy) is 2. The van der Waals surface area contributed by atoms with Gasteiger partial charge in [0, 0.05) is 13.5 Å². The molecule has 0 radical (unpaired) electrons. The van der Waals surface area contributed by atoms with Gasteiger partial charge in [0.05, 0.1) is 30.7 Å². The van der Waals surface area contributed by atoms with Gasteiger partial charge in [-0.3, -0.25) is 4.68 Å². The molecule has 1 aromatic carbocycles. The summed E-state index contributed by atoms with van der Waals surface area (Å²) in [5.41, 5.74) is 0.266. The number of nitrogens with zero attached hydrogens (tertiary/aromatic N) is 2. The summed E-state index contributed by atoms with van der Waals surface area (Å²) in [4.78, 5) is 11.8. The van der Waals surface area contributed by atoms with Gasteiger partial charge in [0.2, 0.25) is 0 Å². The largest absolute Gasteiger partial charge is 0.493 e. The Balaban J connectivity index is 1.97. The van der Waals surface area contributed by atoms with E-state index in [0.29, 0.717) is 23.4 Å². The van der Waals surface area contributed by atoms with Gasteiger partial charge in [0.1, 0.15) is 11.3 Å². The van der Waals surface area contributed by atoms with E-state index in [-0.39, 0.29) is 13.2 Å². The van der Waals surface area contributed by atoms with E-state index in [9.17, 15) is 18.0 Å². The van der Waals surface area contributed by atoms with Crippen molar-refractivity contribution in [3.05, 3.63) is 47.3 Å². The van der Waals surface area contributed by atoms with E-state index >= 15 is 0 Å². The molecule has 1 heterocycles. The molecular weight excluding hydrogens is 325 g/mol. The van der Waals surface area contributed by atoms with Crippen molar-refractivity contribution >= 4 is 5.97 Å². The third kappa shape index (κ3) is 4.27. The smallest absolute Gasteiger partial charge is 0.416 e. The predicted octanol–water partition coefficient (Wildman–Crippen LogP) is 3.24. The highest BCUT2D eigenvalue weighted by molar-refractivity contribution is 5.90. The van der Waals surface area contributed by atoms with Crippen molar-refractivity contribution in [3.8, 4) is 5.75 Å². The van der Waals surface area contributed by atoms with Gasteiger partial charge in [0.25, 0.3) is 0 Å². The first kappa shape index (κ1) is 17.8. The predicted molar refractivity (Wildman–Crippen MR) is 79.8 cm³/mol. The molecule has 24 heavy (non-hydrogen) atoms. The minimum absolute atomic E-state index is 0.192. The number of aromatic nitrogens is 2. The molecule has 2 rings (SSSR count). The molecule has 0 bridgehead atoms. The van der Waals surface area contributed by atoms with Crippen molar-refractivity contribution < 1.29 is 27.4 Å². The molecule has 0 atom stereocenters. The van der Waals surface area contributed by atoms with Crippen LogP contribution in [0.5, 0.6) is 5.75 Å². The number of hydrogen-bond acceptors (Lipinski definition) is 4. The number of rotatable bonds is 6. The van der Waals surface area contributed by atoms with Crippen molar-refractivity contribution in [2.75, 3.05) is 13.2 Å². The number of aryl methyl sites for hydroxylation is 1. The quantitative estimate of drug-likeness (QED) is 0.757. The highest BCUT2D eigenvalue weighted by atomic mass is 19.4. The zero-order valence-electron chi connectivity index (χ0n) is 13.3. The molecule has 5 nitrogen and oxygen atoms in total. The summed E-state index contributed by atoms with van der Waals surface area (Å²) in [5.74, 6) is -0.141. The van der Waals surface area contributed by atoms with Crippen LogP contribution in [-0.2, 0) is 24.4 Å². The summed E-state index contributed by atoms with van der Waals surface area (Å²) >= 11 is 0. The summed E-state index contributed by atoms with van der Waals surface area (Å²) in [5, 5.41) is 4.02. The van der Waals surface area contributed by atoms with Crippen molar-refractivity contribution in [2.24, 2.45) is 7.05 Å². The maximum Gasteiger partial charge on any atom is 0.416 e. The Bertz CT molecular complexity index is 694. The van der Waals surface area contributed by atoms with Crippen molar-refractivity contribution in [1.82, 2.24) is 9.78 Å². The zero-order valence-corrected chi connectivity index (χ0v) is 13.3. The van der Waals surface area contributed by atoms with Crippen LogP contribution in [0.2, 0.25) is 0 Å². The van der Waals surface area contributed by atoms with Crippen molar-refractivity contribution in [2.45, 2.75) is 19.5 Å². The zero-order chi connectivity index (χ0) is 17.7. The lowest BCUT2D eigenvalue weighted by Gasteiger charge is -2.10. The molecule has 0 unspecified atom stereocenters. The molecule has 130 valence electrons. The van der Waals surface area contributed by atoms with E-state index in [0.717, 1.165) is 12.1 Å². The highest BCUT2D eigenvalue weighted by Gasteiger charge is 2.30. The fraction of sp³-hybridized carbons (Fsp3) is 0.375. The fourth-order valence-corrected chi connectivity index (χ4v) is 2.14. The molecule has 0 fully saturated rings. The lowest BCUT2D eigenvalue weighted by molar-refractivity contribution is -0.137. The molecule has 0 saturated carbocycles. The second kappa shape index (κ2) is 7.37. The lowest BCUT2D eigenvalue weighted by atomic mass is 10.2. The molecule has 0 aliphatic carbocycles. The summed E-state index contributed by atoms with van der Waals surface area (Å²) in [6, 6.07) is 4.45. The molecule has 0 spiro atoms. The van der Waals surface area contributed by atoms with Crippen LogP contribution in [0.4, 0.5) is 13.2 Å². The van der Waals surface area contributed by atoms with Gasteiger partial charge in [-0.25, -0.2) is 4.79 Å².